The predicted octanol–water partition coefficient (Wildman–Crippen LogP) is 2.59. The highest BCUT2D eigenvalue weighted by Crippen LogP contribution is 2.32. The van der Waals surface area contributed by atoms with Crippen molar-refractivity contribution in [1.82, 2.24) is 5.32 Å². The fourth-order valence-corrected chi connectivity index (χ4v) is 2.42. The molecule has 1 aliphatic rings. The van der Waals surface area contributed by atoms with Crippen LogP contribution >= 0.6 is 0 Å². The summed E-state index contributed by atoms with van der Waals surface area (Å²) in [6.45, 7) is 0.479. The van der Waals surface area contributed by atoms with Gasteiger partial charge in [-0.25, -0.2) is 0 Å². The first kappa shape index (κ1) is 12.5. The second kappa shape index (κ2) is 5.25. The first-order valence-corrected chi connectivity index (χ1v) is 6.59. The highest BCUT2D eigenvalue weighted by Gasteiger charge is 2.25. The molecule has 1 amide bonds. The molecule has 0 saturated heterocycles. The Bertz CT molecular complexity index is 640. The molecule has 0 fully saturated rings. The van der Waals surface area contributed by atoms with Gasteiger partial charge in [-0.3, -0.25) is 4.79 Å². The second-order valence-electron chi connectivity index (χ2n) is 4.67. The minimum Gasteiger partial charge on any atom is -0.491 e. The third kappa shape index (κ3) is 2.20. The summed E-state index contributed by atoms with van der Waals surface area (Å²) >= 11 is 0. The number of para-hydroxylation sites is 2. The summed E-state index contributed by atoms with van der Waals surface area (Å²) in [5, 5.41) is 6.05. The quantitative estimate of drug-likeness (QED) is 0.899. The van der Waals surface area contributed by atoms with Gasteiger partial charge in [0.2, 0.25) is 0 Å². The van der Waals surface area contributed by atoms with Crippen molar-refractivity contribution in [3.8, 4) is 5.75 Å². The van der Waals surface area contributed by atoms with Crippen molar-refractivity contribution in [2.24, 2.45) is 0 Å². The first-order valence-electron chi connectivity index (χ1n) is 6.59. The molecule has 0 aromatic heterocycles. The van der Waals surface area contributed by atoms with Crippen LogP contribution in [0.4, 0.5) is 5.69 Å². The maximum atomic E-state index is 12.4. The number of amides is 1. The molecule has 1 heterocycles. The molecular formula is C16H16N2O2. The van der Waals surface area contributed by atoms with Crippen molar-refractivity contribution < 1.29 is 9.53 Å². The summed E-state index contributed by atoms with van der Waals surface area (Å²) in [5.41, 5.74) is 2.49. The van der Waals surface area contributed by atoms with Crippen molar-refractivity contribution >= 4 is 11.6 Å². The van der Waals surface area contributed by atoms with Crippen LogP contribution in [0.3, 0.4) is 0 Å². The molecule has 1 aliphatic heterocycles. The number of benzene rings is 2. The first-order chi connectivity index (χ1) is 9.79. The topological polar surface area (TPSA) is 50.4 Å². The van der Waals surface area contributed by atoms with Gasteiger partial charge < -0.3 is 15.4 Å². The molecule has 1 unspecified atom stereocenters. The molecule has 3 rings (SSSR count). The number of ether oxygens (including phenoxy) is 1. The maximum absolute atomic E-state index is 12.4. The monoisotopic (exact) mass is 268 g/mol. The van der Waals surface area contributed by atoms with Crippen LogP contribution in [-0.4, -0.2) is 19.6 Å². The van der Waals surface area contributed by atoms with E-state index in [1.54, 1.807) is 7.05 Å². The summed E-state index contributed by atoms with van der Waals surface area (Å²) in [4.78, 5) is 12.4. The van der Waals surface area contributed by atoms with E-state index in [0.29, 0.717) is 12.2 Å². The Hall–Kier alpha value is -2.49. The number of hydrogen-bond donors (Lipinski definition) is 2. The summed E-state index contributed by atoms with van der Waals surface area (Å²) in [6, 6.07) is 15.1. The standard InChI is InChI=1S/C16H16N2O2/c1-17-13-8-4-2-7-12(13)16(19)18-14-10-20-15-9-5-3-6-11(14)15/h2-9,14,17H,10H2,1H3,(H,18,19). The lowest BCUT2D eigenvalue weighted by Crippen LogP contribution is -2.29. The number of fused-ring (bicyclic) bond motifs is 1. The fraction of sp³-hybridized carbons (Fsp3) is 0.188. The van der Waals surface area contributed by atoms with Gasteiger partial charge in [0.15, 0.2) is 0 Å². The zero-order valence-electron chi connectivity index (χ0n) is 11.2. The van der Waals surface area contributed by atoms with Crippen molar-refractivity contribution in [3.63, 3.8) is 0 Å². The van der Waals surface area contributed by atoms with Gasteiger partial charge >= 0.3 is 0 Å². The lowest BCUT2D eigenvalue weighted by Gasteiger charge is -2.14. The largest absolute Gasteiger partial charge is 0.491 e. The van der Waals surface area contributed by atoms with Crippen molar-refractivity contribution in [3.05, 3.63) is 59.7 Å². The minimum absolute atomic E-state index is 0.0939. The normalized spacial score (nSPS) is 16.1. The van der Waals surface area contributed by atoms with E-state index in [4.69, 9.17) is 4.74 Å². The molecule has 20 heavy (non-hydrogen) atoms. The number of carbonyl (C=O) groups is 1. The molecule has 0 spiro atoms. The van der Waals surface area contributed by atoms with Crippen LogP contribution in [0, 0.1) is 0 Å². The summed E-state index contributed by atoms with van der Waals surface area (Å²) in [5.74, 6) is 0.750. The zero-order valence-corrected chi connectivity index (χ0v) is 11.2. The van der Waals surface area contributed by atoms with Crippen LogP contribution in [0.2, 0.25) is 0 Å². The van der Waals surface area contributed by atoms with Gasteiger partial charge in [0.05, 0.1) is 11.6 Å². The van der Waals surface area contributed by atoms with Crippen molar-refractivity contribution in [2.45, 2.75) is 6.04 Å². The highest BCUT2D eigenvalue weighted by atomic mass is 16.5. The number of rotatable bonds is 3. The molecule has 2 aromatic rings. The Morgan fingerprint density at radius 3 is 2.75 bits per heavy atom. The van der Waals surface area contributed by atoms with E-state index in [9.17, 15) is 4.79 Å². The lowest BCUT2D eigenvalue weighted by molar-refractivity contribution is 0.0931. The Morgan fingerprint density at radius 2 is 1.90 bits per heavy atom. The van der Waals surface area contributed by atoms with Crippen LogP contribution in [0.15, 0.2) is 48.5 Å². The third-order valence-electron chi connectivity index (χ3n) is 3.45. The molecular weight excluding hydrogens is 252 g/mol. The number of anilines is 1. The Labute approximate surface area is 117 Å². The van der Waals surface area contributed by atoms with Crippen molar-refractivity contribution in [2.75, 3.05) is 19.0 Å². The maximum Gasteiger partial charge on any atom is 0.253 e. The zero-order chi connectivity index (χ0) is 13.9. The van der Waals surface area contributed by atoms with Crippen LogP contribution in [-0.2, 0) is 0 Å². The number of carbonyl (C=O) groups excluding carboxylic acids is 1. The molecule has 4 heteroatoms. The molecule has 0 aliphatic carbocycles. The van der Waals surface area contributed by atoms with E-state index in [1.165, 1.54) is 0 Å². The Morgan fingerprint density at radius 1 is 1.15 bits per heavy atom. The molecule has 2 aromatic carbocycles. The van der Waals surface area contributed by atoms with E-state index in [2.05, 4.69) is 10.6 Å². The van der Waals surface area contributed by atoms with Crippen LogP contribution in [0.5, 0.6) is 5.75 Å². The van der Waals surface area contributed by atoms with E-state index in [-0.39, 0.29) is 11.9 Å². The number of hydrogen-bond acceptors (Lipinski definition) is 3. The Kier molecular flexibility index (Phi) is 3.29. The molecule has 0 radical (unpaired) electrons. The van der Waals surface area contributed by atoms with Gasteiger partial charge in [0.1, 0.15) is 12.4 Å². The molecule has 0 saturated carbocycles. The van der Waals surface area contributed by atoms with Gasteiger partial charge in [-0.05, 0) is 18.2 Å². The Balaban J connectivity index is 1.81. The molecule has 2 N–H and O–H groups in total. The van der Waals surface area contributed by atoms with E-state index in [1.807, 2.05) is 48.5 Å². The SMILES string of the molecule is CNc1ccccc1C(=O)NC1COc2ccccc21. The van der Waals surface area contributed by atoms with Crippen LogP contribution < -0.4 is 15.4 Å². The number of nitrogens with one attached hydrogen (secondary N) is 2. The highest BCUT2D eigenvalue weighted by molar-refractivity contribution is 5.99. The van der Waals surface area contributed by atoms with E-state index in [0.717, 1.165) is 17.0 Å². The van der Waals surface area contributed by atoms with Gasteiger partial charge in [0.25, 0.3) is 5.91 Å². The third-order valence-corrected chi connectivity index (χ3v) is 3.45. The lowest BCUT2D eigenvalue weighted by atomic mass is 10.1. The van der Waals surface area contributed by atoms with E-state index < -0.39 is 0 Å². The molecule has 4 nitrogen and oxygen atoms in total. The van der Waals surface area contributed by atoms with Gasteiger partial charge in [0, 0.05) is 18.3 Å². The van der Waals surface area contributed by atoms with Gasteiger partial charge in [-0.2, -0.15) is 0 Å². The van der Waals surface area contributed by atoms with Gasteiger partial charge in [-0.15, -0.1) is 0 Å². The second-order valence-corrected chi connectivity index (χ2v) is 4.67. The minimum atomic E-state index is -0.0970. The predicted molar refractivity (Wildman–Crippen MR) is 78.1 cm³/mol. The van der Waals surface area contributed by atoms with Crippen LogP contribution in [0.1, 0.15) is 22.0 Å². The fourth-order valence-electron chi connectivity index (χ4n) is 2.42. The smallest absolute Gasteiger partial charge is 0.253 e. The molecule has 0 bridgehead atoms. The molecule has 102 valence electrons. The summed E-state index contributed by atoms with van der Waals surface area (Å²) in [7, 11) is 1.81. The average Bonchev–Trinajstić information content (AvgIpc) is 2.90. The molecule has 1 atom stereocenters. The summed E-state index contributed by atoms with van der Waals surface area (Å²) < 4.78 is 5.57. The average molecular weight is 268 g/mol. The van der Waals surface area contributed by atoms with Crippen molar-refractivity contribution in [1.29, 1.82) is 0 Å². The van der Waals surface area contributed by atoms with Crippen LogP contribution in [0.25, 0.3) is 0 Å². The van der Waals surface area contributed by atoms with Gasteiger partial charge in [-0.1, -0.05) is 30.3 Å². The summed E-state index contributed by atoms with van der Waals surface area (Å²) in [6.07, 6.45) is 0. The van der Waals surface area contributed by atoms with E-state index >= 15 is 0 Å².